The number of hydrogen-bond acceptors (Lipinski definition) is 6. The molecular formula is C32H31Br3N4O4. The summed E-state index contributed by atoms with van der Waals surface area (Å²) in [5.41, 5.74) is 2.78. The van der Waals surface area contributed by atoms with Gasteiger partial charge in [-0.3, -0.25) is 9.59 Å². The van der Waals surface area contributed by atoms with Crippen molar-refractivity contribution in [3.63, 3.8) is 0 Å². The molecule has 8 nitrogen and oxygen atoms in total. The summed E-state index contributed by atoms with van der Waals surface area (Å²) in [7, 11) is 0. The normalized spacial score (nSPS) is 13.9. The van der Waals surface area contributed by atoms with Crippen LogP contribution in [0, 0.1) is 6.92 Å². The number of rotatable bonds is 9. The number of anilines is 1. The molecular weight excluding hydrogens is 744 g/mol. The number of nitrogens with one attached hydrogen (secondary N) is 1. The number of nitrogens with zero attached hydrogens (tertiary/aromatic N) is 3. The lowest BCUT2D eigenvalue weighted by Gasteiger charge is -2.23. The first-order chi connectivity index (χ1) is 20.8. The Morgan fingerprint density at radius 3 is 2.58 bits per heavy atom. The van der Waals surface area contributed by atoms with Gasteiger partial charge >= 0.3 is 0 Å². The number of para-hydroxylation sites is 1. The Kier molecular flexibility index (Phi) is 10.4. The Labute approximate surface area is 275 Å². The third-order valence-corrected chi connectivity index (χ3v) is 9.97. The molecule has 5 rings (SSSR count). The smallest absolute Gasteiger partial charge is 0.282 e. The summed E-state index contributed by atoms with van der Waals surface area (Å²) in [6.45, 7) is 3.96. The molecule has 1 amide bonds. The van der Waals surface area contributed by atoms with Gasteiger partial charge in [0.05, 0.1) is 28.2 Å². The van der Waals surface area contributed by atoms with Crippen LogP contribution in [0.1, 0.15) is 61.9 Å². The van der Waals surface area contributed by atoms with Crippen LogP contribution in [0.15, 0.2) is 71.8 Å². The zero-order chi connectivity index (χ0) is 30.5. The van der Waals surface area contributed by atoms with Gasteiger partial charge in [-0.1, -0.05) is 53.4 Å². The number of ether oxygens (including phenoxy) is 2. The topological polar surface area (TPSA) is 94.8 Å². The van der Waals surface area contributed by atoms with Gasteiger partial charge in [0, 0.05) is 26.1 Å². The maximum Gasteiger partial charge on any atom is 0.282 e. The minimum atomic E-state index is -0.296. The zero-order valence-electron chi connectivity index (χ0n) is 23.8. The number of fused-ring (bicyclic) bond motifs is 1. The maximum absolute atomic E-state index is 13.7. The molecule has 1 heterocycles. The third-order valence-electron chi connectivity index (χ3n) is 7.34. The molecule has 1 N–H and O–H groups in total. The second-order valence-corrected chi connectivity index (χ2v) is 12.8. The number of hydrogen-bond donors (Lipinski definition) is 1. The SMILES string of the molecule is CCOc1cc(C=Nn2c(C3CCCCC3)nc3ccc(Br)cc3c2=O)c(Br)c(Br)c1OCC(=O)Nc1ccccc1C. The number of carbonyl (C=O) groups excluding carboxylic acids is 1. The number of benzene rings is 3. The van der Waals surface area contributed by atoms with Crippen LogP contribution in [0.3, 0.4) is 0 Å². The van der Waals surface area contributed by atoms with Gasteiger partial charge in [0.15, 0.2) is 18.1 Å². The summed E-state index contributed by atoms with van der Waals surface area (Å²) in [5, 5.41) is 8.05. The molecule has 0 saturated heterocycles. The molecule has 4 aromatic rings. The van der Waals surface area contributed by atoms with Gasteiger partial charge in [-0.25, -0.2) is 4.98 Å². The first-order valence-electron chi connectivity index (χ1n) is 14.2. The fraction of sp³-hybridized carbons (Fsp3) is 0.312. The van der Waals surface area contributed by atoms with E-state index < -0.39 is 0 Å². The van der Waals surface area contributed by atoms with Crippen LogP contribution in [0.5, 0.6) is 11.5 Å². The molecule has 0 bridgehead atoms. The van der Waals surface area contributed by atoms with E-state index in [0.717, 1.165) is 41.4 Å². The molecule has 0 radical (unpaired) electrons. The molecule has 224 valence electrons. The van der Waals surface area contributed by atoms with Crippen LogP contribution in [0.2, 0.25) is 0 Å². The first kappa shape index (κ1) is 31.4. The Morgan fingerprint density at radius 1 is 1.07 bits per heavy atom. The van der Waals surface area contributed by atoms with E-state index >= 15 is 0 Å². The predicted molar refractivity (Wildman–Crippen MR) is 181 cm³/mol. The van der Waals surface area contributed by atoms with Crippen LogP contribution in [-0.2, 0) is 4.79 Å². The second kappa shape index (κ2) is 14.2. The van der Waals surface area contributed by atoms with Gasteiger partial charge in [0.1, 0.15) is 5.82 Å². The van der Waals surface area contributed by atoms with Crippen molar-refractivity contribution in [1.82, 2.24) is 9.66 Å². The summed E-state index contributed by atoms with van der Waals surface area (Å²) in [5.74, 6) is 1.35. The van der Waals surface area contributed by atoms with Crippen molar-refractivity contribution in [1.29, 1.82) is 0 Å². The molecule has 11 heteroatoms. The minimum Gasteiger partial charge on any atom is -0.490 e. The lowest BCUT2D eigenvalue weighted by atomic mass is 9.88. The van der Waals surface area contributed by atoms with Crippen LogP contribution in [0.4, 0.5) is 5.69 Å². The van der Waals surface area contributed by atoms with Gasteiger partial charge in [-0.15, -0.1) is 0 Å². The lowest BCUT2D eigenvalue weighted by molar-refractivity contribution is -0.118. The summed E-state index contributed by atoms with van der Waals surface area (Å²) >= 11 is 10.7. The Bertz CT molecular complexity index is 1750. The minimum absolute atomic E-state index is 0.155. The average molecular weight is 775 g/mol. The fourth-order valence-electron chi connectivity index (χ4n) is 5.16. The molecule has 43 heavy (non-hydrogen) atoms. The number of halogens is 3. The van der Waals surface area contributed by atoms with E-state index in [4.69, 9.17) is 14.5 Å². The van der Waals surface area contributed by atoms with Crippen molar-refractivity contribution in [2.24, 2.45) is 5.10 Å². The van der Waals surface area contributed by atoms with Gasteiger partial charge in [0.2, 0.25) is 0 Å². The second-order valence-electron chi connectivity index (χ2n) is 10.3. The number of carbonyl (C=O) groups is 1. The predicted octanol–water partition coefficient (Wildman–Crippen LogP) is 8.34. The van der Waals surface area contributed by atoms with E-state index in [-0.39, 0.29) is 24.0 Å². The summed E-state index contributed by atoms with van der Waals surface area (Å²) in [6, 6.07) is 14.9. The first-order valence-corrected chi connectivity index (χ1v) is 16.5. The van der Waals surface area contributed by atoms with Gasteiger partial charge in [-0.05, 0) is 94.4 Å². The molecule has 1 aromatic heterocycles. The van der Waals surface area contributed by atoms with Crippen LogP contribution in [0.25, 0.3) is 10.9 Å². The lowest BCUT2D eigenvalue weighted by Crippen LogP contribution is -2.25. The summed E-state index contributed by atoms with van der Waals surface area (Å²) < 4.78 is 15.3. The van der Waals surface area contributed by atoms with Crippen molar-refractivity contribution in [2.75, 3.05) is 18.5 Å². The molecule has 1 saturated carbocycles. The highest BCUT2D eigenvalue weighted by molar-refractivity contribution is 9.13. The third kappa shape index (κ3) is 7.21. The van der Waals surface area contributed by atoms with E-state index in [1.165, 1.54) is 11.1 Å². The van der Waals surface area contributed by atoms with Crippen LogP contribution >= 0.6 is 47.8 Å². The van der Waals surface area contributed by atoms with E-state index in [2.05, 4.69) is 58.2 Å². The van der Waals surface area contributed by atoms with Crippen molar-refractivity contribution in [3.8, 4) is 11.5 Å². The number of amides is 1. The molecule has 1 aliphatic rings. The number of aryl methyl sites for hydroxylation is 1. The molecule has 0 unspecified atom stereocenters. The Hall–Kier alpha value is -3.02. The number of aromatic nitrogens is 2. The molecule has 3 aromatic carbocycles. The molecule has 0 spiro atoms. The molecule has 1 fully saturated rings. The van der Waals surface area contributed by atoms with Crippen LogP contribution < -0.4 is 20.3 Å². The Morgan fingerprint density at radius 2 is 1.84 bits per heavy atom. The van der Waals surface area contributed by atoms with Crippen molar-refractivity contribution in [2.45, 2.75) is 51.9 Å². The molecule has 0 aliphatic heterocycles. The highest BCUT2D eigenvalue weighted by Crippen LogP contribution is 2.42. The maximum atomic E-state index is 13.7. The van der Waals surface area contributed by atoms with Gasteiger partial charge in [0.25, 0.3) is 11.5 Å². The zero-order valence-corrected chi connectivity index (χ0v) is 28.6. The van der Waals surface area contributed by atoms with E-state index in [1.807, 2.05) is 50.2 Å². The average Bonchev–Trinajstić information content (AvgIpc) is 3.00. The van der Waals surface area contributed by atoms with Crippen molar-refractivity contribution in [3.05, 3.63) is 89.3 Å². The van der Waals surface area contributed by atoms with Gasteiger partial charge in [-0.2, -0.15) is 9.78 Å². The molecule has 0 atom stereocenters. The van der Waals surface area contributed by atoms with Crippen molar-refractivity contribution >= 4 is 76.5 Å². The summed E-state index contributed by atoms with van der Waals surface area (Å²) in [4.78, 5) is 31.3. The largest absolute Gasteiger partial charge is 0.490 e. The highest BCUT2D eigenvalue weighted by atomic mass is 79.9. The Balaban J connectivity index is 1.48. The van der Waals surface area contributed by atoms with E-state index in [0.29, 0.717) is 49.3 Å². The quantitative estimate of drug-likeness (QED) is 0.173. The fourth-order valence-corrected chi connectivity index (χ4v) is 6.45. The molecule has 1 aliphatic carbocycles. The van der Waals surface area contributed by atoms with E-state index in [1.54, 1.807) is 18.3 Å². The van der Waals surface area contributed by atoms with Crippen molar-refractivity contribution < 1.29 is 14.3 Å². The highest BCUT2D eigenvalue weighted by Gasteiger charge is 2.23. The van der Waals surface area contributed by atoms with Gasteiger partial charge < -0.3 is 14.8 Å². The van der Waals surface area contributed by atoms with Crippen LogP contribution in [-0.4, -0.2) is 35.0 Å². The summed E-state index contributed by atoms with van der Waals surface area (Å²) in [6.07, 6.45) is 6.94. The standard InChI is InChI=1S/C32H31Br3N4O4/c1-3-42-26-15-21(28(34)29(35)30(26)43-18-27(40)37-24-12-8-7-9-19(24)2)17-36-39-31(20-10-5-4-6-11-20)38-25-14-13-22(33)16-23(25)32(39)41/h7-9,12-17,20H,3-6,10-11,18H2,1-2H3,(H,37,40). The monoisotopic (exact) mass is 772 g/mol. The van der Waals surface area contributed by atoms with E-state index in [9.17, 15) is 9.59 Å².